The molecule has 0 radical (unpaired) electrons. The maximum atomic E-state index is 6.53. The van der Waals surface area contributed by atoms with Gasteiger partial charge in [0, 0.05) is 59.3 Å². The number of furan rings is 2. The molecule has 0 amide bonds. The zero-order valence-electron chi connectivity index (χ0n) is 30.6. The van der Waals surface area contributed by atoms with Crippen LogP contribution < -0.4 is 9.80 Å². The molecule has 0 fully saturated rings. The number of rotatable bonds is 5. The zero-order valence-corrected chi connectivity index (χ0v) is 31.4. The third-order valence-electron chi connectivity index (χ3n) is 11.2. The van der Waals surface area contributed by atoms with Gasteiger partial charge in [-0.25, -0.2) is 0 Å². The molecule has 0 atom stereocenters. The maximum Gasteiger partial charge on any atom is 0.143 e. The smallest absolute Gasteiger partial charge is 0.143 e. The number of fused-ring (bicyclic) bond motifs is 9. The van der Waals surface area contributed by atoms with Gasteiger partial charge >= 0.3 is 0 Å². The van der Waals surface area contributed by atoms with E-state index in [0.717, 1.165) is 89.1 Å². The van der Waals surface area contributed by atoms with Crippen molar-refractivity contribution in [3.63, 3.8) is 0 Å². The van der Waals surface area contributed by atoms with Gasteiger partial charge in [0.05, 0.1) is 17.1 Å². The summed E-state index contributed by atoms with van der Waals surface area (Å²) in [5.41, 5.74) is 12.5. The van der Waals surface area contributed by atoms with Gasteiger partial charge in [0.25, 0.3) is 0 Å². The van der Waals surface area contributed by atoms with Crippen molar-refractivity contribution in [1.29, 1.82) is 0 Å². The van der Waals surface area contributed by atoms with Crippen LogP contribution in [0.15, 0.2) is 213 Å². The number of benzene rings is 9. The van der Waals surface area contributed by atoms with E-state index in [2.05, 4.69) is 180 Å². The van der Waals surface area contributed by atoms with Gasteiger partial charge in [-0.05, 0) is 89.8 Å². The molecule has 5 heteroatoms. The molecule has 2 aromatic heterocycles. The van der Waals surface area contributed by atoms with Crippen LogP contribution in [0.4, 0.5) is 34.1 Å². The highest BCUT2D eigenvalue weighted by atomic mass is 32.2. The topological polar surface area (TPSA) is 32.8 Å². The molecular weight excluding hydrogens is 717 g/mol. The van der Waals surface area contributed by atoms with Crippen molar-refractivity contribution < 1.29 is 8.83 Å². The van der Waals surface area contributed by atoms with E-state index in [1.54, 1.807) is 0 Å². The summed E-state index contributed by atoms with van der Waals surface area (Å²) < 4.78 is 12.8. The molecule has 0 spiro atoms. The van der Waals surface area contributed by atoms with Crippen LogP contribution in [0.3, 0.4) is 0 Å². The van der Waals surface area contributed by atoms with Crippen LogP contribution in [0.2, 0.25) is 0 Å². The molecule has 268 valence electrons. The van der Waals surface area contributed by atoms with Crippen molar-refractivity contribution in [1.82, 2.24) is 0 Å². The molecule has 0 bridgehead atoms. The molecular formula is C52H32N2O2S. The molecule has 3 heterocycles. The third kappa shape index (κ3) is 5.03. The van der Waals surface area contributed by atoms with Gasteiger partial charge in [-0.2, -0.15) is 0 Å². The highest BCUT2D eigenvalue weighted by Crippen LogP contribution is 2.55. The van der Waals surface area contributed by atoms with Gasteiger partial charge in [0.2, 0.25) is 0 Å². The number of hydrogen-bond acceptors (Lipinski definition) is 5. The quantitative estimate of drug-likeness (QED) is 0.175. The largest absolute Gasteiger partial charge is 0.456 e. The van der Waals surface area contributed by atoms with Gasteiger partial charge in [-0.3, -0.25) is 0 Å². The average molecular weight is 749 g/mol. The van der Waals surface area contributed by atoms with Crippen LogP contribution in [0, 0.1) is 0 Å². The van der Waals surface area contributed by atoms with Gasteiger partial charge in [0.15, 0.2) is 0 Å². The Morgan fingerprint density at radius 1 is 0.351 bits per heavy atom. The lowest BCUT2D eigenvalue weighted by atomic mass is 9.95. The van der Waals surface area contributed by atoms with Crippen molar-refractivity contribution in [2.45, 2.75) is 9.79 Å². The van der Waals surface area contributed by atoms with Crippen molar-refractivity contribution in [2.24, 2.45) is 0 Å². The number of nitrogens with zero attached hydrogens (tertiary/aromatic N) is 2. The van der Waals surface area contributed by atoms with Crippen molar-refractivity contribution in [3.8, 4) is 11.1 Å². The summed E-state index contributed by atoms with van der Waals surface area (Å²) in [6.07, 6.45) is 0. The first-order chi connectivity index (χ1) is 28.3. The Labute approximate surface area is 332 Å². The summed E-state index contributed by atoms with van der Waals surface area (Å²) in [7, 11) is 0. The Morgan fingerprint density at radius 3 is 1.82 bits per heavy atom. The fourth-order valence-corrected chi connectivity index (χ4v) is 9.79. The highest BCUT2D eigenvalue weighted by Gasteiger charge is 2.28. The first kappa shape index (κ1) is 32.1. The summed E-state index contributed by atoms with van der Waals surface area (Å²) in [6.45, 7) is 0. The van der Waals surface area contributed by atoms with E-state index >= 15 is 0 Å². The average Bonchev–Trinajstić information content (AvgIpc) is 3.84. The van der Waals surface area contributed by atoms with E-state index in [0.29, 0.717) is 0 Å². The molecule has 4 nitrogen and oxygen atoms in total. The fourth-order valence-electron chi connectivity index (χ4n) is 8.69. The Bertz CT molecular complexity index is 3360. The van der Waals surface area contributed by atoms with Crippen LogP contribution >= 0.6 is 11.8 Å². The molecule has 0 saturated heterocycles. The normalized spacial score (nSPS) is 12.5. The summed E-state index contributed by atoms with van der Waals surface area (Å²) >= 11 is 1.82. The van der Waals surface area contributed by atoms with E-state index in [1.165, 1.54) is 20.6 Å². The summed E-state index contributed by atoms with van der Waals surface area (Å²) in [5.74, 6) is 0. The Kier molecular flexibility index (Phi) is 7.13. The lowest BCUT2D eigenvalue weighted by molar-refractivity contribution is 0.669. The van der Waals surface area contributed by atoms with E-state index in [1.807, 2.05) is 36.0 Å². The van der Waals surface area contributed by atoms with Gasteiger partial charge in [0.1, 0.15) is 22.3 Å². The van der Waals surface area contributed by atoms with Crippen molar-refractivity contribution >= 4 is 101 Å². The number of para-hydroxylation sites is 5. The molecule has 12 rings (SSSR count). The summed E-state index contributed by atoms with van der Waals surface area (Å²) in [5, 5.41) is 6.83. The molecule has 1 aliphatic rings. The second-order valence-electron chi connectivity index (χ2n) is 14.5. The monoisotopic (exact) mass is 748 g/mol. The third-order valence-corrected chi connectivity index (χ3v) is 12.3. The van der Waals surface area contributed by atoms with E-state index in [4.69, 9.17) is 8.83 Å². The minimum absolute atomic E-state index is 0.883. The molecule has 0 N–H and O–H groups in total. The van der Waals surface area contributed by atoms with Crippen LogP contribution in [0.5, 0.6) is 0 Å². The van der Waals surface area contributed by atoms with Crippen LogP contribution in [-0.2, 0) is 0 Å². The van der Waals surface area contributed by atoms with E-state index in [-0.39, 0.29) is 0 Å². The van der Waals surface area contributed by atoms with Crippen LogP contribution in [-0.4, -0.2) is 0 Å². The Balaban J connectivity index is 1.03. The van der Waals surface area contributed by atoms with E-state index < -0.39 is 0 Å². The van der Waals surface area contributed by atoms with Gasteiger partial charge in [-0.1, -0.05) is 127 Å². The summed E-state index contributed by atoms with van der Waals surface area (Å²) in [6, 6.07) is 69.1. The lowest BCUT2D eigenvalue weighted by Gasteiger charge is -2.35. The predicted molar refractivity (Wildman–Crippen MR) is 237 cm³/mol. The predicted octanol–water partition coefficient (Wildman–Crippen LogP) is 15.7. The molecule has 11 aromatic rings. The molecule has 57 heavy (non-hydrogen) atoms. The summed E-state index contributed by atoms with van der Waals surface area (Å²) in [4.78, 5) is 7.17. The standard InChI is InChI=1S/C52H32N2O2S/c1-2-13-33(14-3-1)53(34-26-30-49-43(31-34)40-18-7-9-22-47(40)55-49)35-25-28-46-51(32-35)57-50-24-11-8-21-45(50)54(46)44-29-27-37(36-15-4-5-16-38(36)44)41-19-12-20-42-39-17-6-10-23-48(39)56-52(41)42/h1-32H. The molecule has 9 aromatic carbocycles. The highest BCUT2D eigenvalue weighted by molar-refractivity contribution is 7.99. The minimum Gasteiger partial charge on any atom is -0.456 e. The number of anilines is 6. The molecule has 1 aliphatic heterocycles. The fraction of sp³-hybridized carbons (Fsp3) is 0. The molecule has 0 unspecified atom stereocenters. The maximum absolute atomic E-state index is 6.53. The van der Waals surface area contributed by atoms with Gasteiger partial charge < -0.3 is 18.6 Å². The second kappa shape index (κ2) is 12.7. The zero-order chi connectivity index (χ0) is 37.5. The molecule has 0 saturated carbocycles. The Hall–Kier alpha value is -7.21. The minimum atomic E-state index is 0.883. The molecule has 0 aliphatic carbocycles. The van der Waals surface area contributed by atoms with Gasteiger partial charge in [-0.15, -0.1) is 0 Å². The second-order valence-corrected chi connectivity index (χ2v) is 15.5. The first-order valence-corrected chi connectivity index (χ1v) is 20.0. The SMILES string of the molecule is c1ccc(N(c2ccc3c(c2)Sc2ccccc2N3c2ccc(-c3cccc4c3oc3ccccc34)c3ccccc23)c2ccc3oc4ccccc4c3c2)cc1. The first-order valence-electron chi connectivity index (χ1n) is 19.2. The number of hydrogen-bond donors (Lipinski definition) is 0. The van der Waals surface area contributed by atoms with Crippen LogP contribution in [0.25, 0.3) is 65.8 Å². The Morgan fingerprint density at radius 2 is 0.965 bits per heavy atom. The van der Waals surface area contributed by atoms with Crippen molar-refractivity contribution in [3.05, 3.63) is 194 Å². The van der Waals surface area contributed by atoms with Crippen LogP contribution in [0.1, 0.15) is 0 Å². The van der Waals surface area contributed by atoms with Crippen molar-refractivity contribution in [2.75, 3.05) is 9.80 Å². The van der Waals surface area contributed by atoms with E-state index in [9.17, 15) is 0 Å². The lowest BCUT2D eigenvalue weighted by Crippen LogP contribution is -2.16.